The third-order valence-electron chi connectivity index (χ3n) is 0.162. The Bertz CT molecular complexity index is 33.9. The van der Waals surface area contributed by atoms with Crippen LogP contribution in [0.25, 0.3) is 0 Å². The number of hydrogen-bond donors (Lipinski definition) is 0. The second kappa shape index (κ2) is 2.39. The minimum atomic E-state index is -0.109. The first kappa shape index (κ1) is 5.15. The zero-order valence-electron chi connectivity index (χ0n) is 2.86. The summed E-state index contributed by atoms with van der Waals surface area (Å²) >= 11 is 2.95. The summed E-state index contributed by atoms with van der Waals surface area (Å²) in [5.74, 6) is 0. The molecule has 0 aliphatic heterocycles. The zero-order chi connectivity index (χ0) is 4.28. The number of alkyl halides is 1. The molecule has 0 aliphatic carbocycles. The number of rotatable bonds is 1. The Hall–Kier alpha value is 0.150. The van der Waals surface area contributed by atoms with E-state index < -0.39 is 0 Å². The summed E-state index contributed by atoms with van der Waals surface area (Å²) in [6.07, 6.45) is 1.69. The van der Waals surface area contributed by atoms with Crippen LogP contribution in [-0.2, 0) is 4.79 Å². The number of halogens is 1. The largest absolute Gasteiger partial charge is 0.290 e. The molecule has 0 N–H and O–H groups in total. The zero-order valence-corrected chi connectivity index (χ0v) is 4.45. The fourth-order valence-corrected chi connectivity index (χ4v) is 0. The third kappa shape index (κ3) is 4.15. The lowest BCUT2D eigenvalue weighted by Crippen LogP contribution is -1.85. The molecule has 0 bridgehead atoms. The monoisotopic (exact) mass is 135 g/mol. The van der Waals surface area contributed by atoms with E-state index in [4.69, 9.17) is 0 Å². The molecule has 0 aromatic carbocycles. The van der Waals surface area contributed by atoms with Gasteiger partial charge in [-0.15, -0.1) is 0 Å². The van der Waals surface area contributed by atoms with E-state index in [9.17, 15) is 4.79 Å². The third-order valence-corrected chi connectivity index (χ3v) is 0.349. The van der Waals surface area contributed by atoms with E-state index in [1.54, 1.807) is 13.2 Å². The summed E-state index contributed by atoms with van der Waals surface area (Å²) in [5, 5.41) is 0. The molecule has 0 spiro atoms. The number of hydrogen-bond acceptors (Lipinski definition) is 1. The molecule has 0 heterocycles. The maximum atomic E-state index is 9.33. The van der Waals surface area contributed by atoms with Crippen molar-refractivity contribution >= 4 is 22.2 Å². The van der Waals surface area contributed by atoms with E-state index in [1.807, 2.05) is 0 Å². The lowest BCUT2D eigenvalue weighted by Gasteiger charge is -1.74. The summed E-state index contributed by atoms with van der Waals surface area (Å²) < 4.78 is 0. The van der Waals surface area contributed by atoms with Crippen LogP contribution in [0, 0.1) is 0 Å². The van der Waals surface area contributed by atoms with Crippen LogP contribution in [0.2, 0.25) is 0 Å². The van der Waals surface area contributed by atoms with Crippen molar-refractivity contribution in [2.45, 2.75) is 11.8 Å². The molecule has 0 rings (SSSR count). The topological polar surface area (TPSA) is 17.1 Å². The van der Waals surface area contributed by atoms with Crippen LogP contribution in [0.1, 0.15) is 6.92 Å². The molecule has 0 fully saturated rings. The predicted molar refractivity (Wildman–Crippen MR) is 24.1 cm³/mol. The van der Waals surface area contributed by atoms with E-state index in [-0.39, 0.29) is 4.83 Å². The van der Waals surface area contributed by atoms with Crippen molar-refractivity contribution in [3.8, 4) is 0 Å². The van der Waals surface area contributed by atoms with Crippen LogP contribution in [0.4, 0.5) is 0 Å². The van der Waals surface area contributed by atoms with Gasteiger partial charge in [0.05, 0.1) is 4.83 Å². The Labute approximate surface area is 39.5 Å². The molecular formula is C3H4BrO. The van der Waals surface area contributed by atoms with Crippen molar-refractivity contribution in [1.29, 1.82) is 0 Å². The van der Waals surface area contributed by atoms with Crippen LogP contribution in [0.5, 0.6) is 0 Å². The van der Waals surface area contributed by atoms with E-state index >= 15 is 0 Å². The smallest absolute Gasteiger partial charge is 0.212 e. The summed E-state index contributed by atoms with van der Waals surface area (Å²) in [5.41, 5.74) is 0. The molecule has 1 atom stereocenters. The van der Waals surface area contributed by atoms with E-state index in [0.717, 1.165) is 0 Å². The molecule has 0 unspecified atom stereocenters. The Morgan fingerprint density at radius 2 is 2.20 bits per heavy atom. The summed E-state index contributed by atoms with van der Waals surface area (Å²) in [6, 6.07) is 0. The molecule has 0 amide bonds. The van der Waals surface area contributed by atoms with Gasteiger partial charge in [0.2, 0.25) is 6.29 Å². The van der Waals surface area contributed by atoms with E-state index in [2.05, 4.69) is 15.9 Å². The van der Waals surface area contributed by atoms with Crippen molar-refractivity contribution in [1.82, 2.24) is 0 Å². The maximum absolute atomic E-state index is 9.33. The van der Waals surface area contributed by atoms with Gasteiger partial charge in [0, 0.05) is 0 Å². The van der Waals surface area contributed by atoms with Crippen molar-refractivity contribution in [2.24, 2.45) is 0 Å². The Balaban J connectivity index is 2.83. The average molecular weight is 136 g/mol. The Morgan fingerprint density at radius 1 is 2.00 bits per heavy atom. The fourth-order valence-electron chi connectivity index (χ4n) is 0. The normalized spacial score (nSPS) is 14.0. The molecule has 5 heavy (non-hydrogen) atoms. The van der Waals surface area contributed by atoms with Gasteiger partial charge in [0.15, 0.2) is 0 Å². The van der Waals surface area contributed by atoms with Crippen molar-refractivity contribution < 1.29 is 4.79 Å². The van der Waals surface area contributed by atoms with Gasteiger partial charge >= 0.3 is 0 Å². The van der Waals surface area contributed by atoms with Crippen molar-refractivity contribution in [3.05, 3.63) is 0 Å². The first-order chi connectivity index (χ1) is 2.27. The van der Waals surface area contributed by atoms with Gasteiger partial charge in [-0.2, -0.15) is 0 Å². The minimum absolute atomic E-state index is 0.109. The molecular weight excluding hydrogens is 132 g/mol. The second-order valence-electron chi connectivity index (χ2n) is 0.734. The van der Waals surface area contributed by atoms with Gasteiger partial charge in [-0.1, -0.05) is 15.9 Å². The predicted octanol–water partition coefficient (Wildman–Crippen LogP) is 0.879. The van der Waals surface area contributed by atoms with Gasteiger partial charge in [-0.25, -0.2) is 0 Å². The van der Waals surface area contributed by atoms with Gasteiger partial charge in [-0.3, -0.25) is 4.79 Å². The average Bonchev–Trinajstić information content (AvgIpc) is 1.38. The number of carbonyl (C=O) groups excluding carboxylic acids is 1. The van der Waals surface area contributed by atoms with Gasteiger partial charge < -0.3 is 0 Å². The lowest BCUT2D eigenvalue weighted by atomic mass is 10.6. The van der Waals surface area contributed by atoms with Crippen LogP contribution < -0.4 is 0 Å². The van der Waals surface area contributed by atoms with Crippen molar-refractivity contribution in [2.75, 3.05) is 0 Å². The molecule has 0 aromatic rings. The minimum Gasteiger partial charge on any atom is -0.290 e. The molecule has 2 heteroatoms. The molecule has 1 radical (unpaired) electrons. The molecule has 29 valence electrons. The fraction of sp³-hybridized carbons (Fsp3) is 0.667. The quantitative estimate of drug-likeness (QED) is 0.489. The van der Waals surface area contributed by atoms with E-state index in [1.165, 1.54) is 0 Å². The summed E-state index contributed by atoms with van der Waals surface area (Å²) in [6.45, 7) is 1.72. The highest BCUT2D eigenvalue weighted by atomic mass is 79.9. The molecule has 0 saturated heterocycles. The molecule has 1 nitrogen and oxygen atoms in total. The van der Waals surface area contributed by atoms with Gasteiger partial charge in [-0.05, 0) is 6.92 Å². The SMILES string of the molecule is C[C@@H](Br)[C]=O. The van der Waals surface area contributed by atoms with Crippen molar-refractivity contribution in [3.63, 3.8) is 0 Å². The maximum Gasteiger partial charge on any atom is 0.212 e. The first-order valence-corrected chi connectivity index (χ1v) is 2.20. The lowest BCUT2D eigenvalue weighted by molar-refractivity contribution is 0.555. The van der Waals surface area contributed by atoms with Gasteiger partial charge in [0.1, 0.15) is 0 Å². The highest BCUT2D eigenvalue weighted by molar-refractivity contribution is 9.09. The summed E-state index contributed by atoms with van der Waals surface area (Å²) in [4.78, 5) is 9.22. The molecule has 0 aliphatic rings. The Morgan fingerprint density at radius 3 is 2.20 bits per heavy atom. The standard InChI is InChI=1S/C3H4BrO/c1-3(4)2-5/h3H,1H3/t3-/m1/s1. The van der Waals surface area contributed by atoms with Crippen LogP contribution in [0.15, 0.2) is 0 Å². The molecule has 0 saturated carbocycles. The van der Waals surface area contributed by atoms with Gasteiger partial charge in [0.25, 0.3) is 0 Å². The van der Waals surface area contributed by atoms with Crippen LogP contribution in [-0.4, -0.2) is 11.1 Å². The van der Waals surface area contributed by atoms with E-state index in [0.29, 0.717) is 0 Å². The summed E-state index contributed by atoms with van der Waals surface area (Å²) in [7, 11) is 0. The highest BCUT2D eigenvalue weighted by Gasteiger charge is 1.84. The first-order valence-electron chi connectivity index (χ1n) is 1.29. The highest BCUT2D eigenvalue weighted by Crippen LogP contribution is 1.87. The second-order valence-corrected chi connectivity index (χ2v) is 2.11. The Kier molecular flexibility index (Phi) is 2.46. The molecule has 0 aromatic heterocycles. The van der Waals surface area contributed by atoms with Crippen LogP contribution >= 0.6 is 15.9 Å². The van der Waals surface area contributed by atoms with Crippen LogP contribution in [0.3, 0.4) is 0 Å².